The molecule has 112 valence electrons. The predicted molar refractivity (Wildman–Crippen MR) is 83.8 cm³/mol. The van der Waals surface area contributed by atoms with Gasteiger partial charge in [-0.25, -0.2) is 9.97 Å². The van der Waals surface area contributed by atoms with Crippen molar-refractivity contribution >= 4 is 5.95 Å². The van der Waals surface area contributed by atoms with Crippen LogP contribution in [-0.4, -0.2) is 29.1 Å². The zero-order chi connectivity index (χ0) is 14.6. The Kier molecular flexibility index (Phi) is 4.97. The van der Waals surface area contributed by atoms with Crippen LogP contribution in [0.3, 0.4) is 0 Å². The van der Waals surface area contributed by atoms with Crippen molar-refractivity contribution in [2.45, 2.75) is 58.9 Å². The molecule has 1 aromatic rings. The molecule has 2 N–H and O–H groups in total. The van der Waals surface area contributed by atoms with E-state index in [1.54, 1.807) is 0 Å². The molecule has 2 heterocycles. The number of nitrogens with two attached hydrogens (primary N) is 1. The fraction of sp³-hybridized carbons (Fsp3) is 0.750. The molecule has 0 spiro atoms. The van der Waals surface area contributed by atoms with Gasteiger partial charge in [-0.05, 0) is 37.2 Å². The summed E-state index contributed by atoms with van der Waals surface area (Å²) in [5.74, 6) is 0.874. The lowest BCUT2D eigenvalue weighted by atomic mass is 9.74. The minimum absolute atomic E-state index is 0.161. The number of hydrogen-bond acceptors (Lipinski definition) is 4. The molecule has 1 aliphatic rings. The van der Waals surface area contributed by atoms with Crippen molar-refractivity contribution in [3.63, 3.8) is 0 Å². The van der Waals surface area contributed by atoms with Crippen LogP contribution in [0.2, 0.25) is 0 Å². The van der Waals surface area contributed by atoms with E-state index in [9.17, 15) is 0 Å². The van der Waals surface area contributed by atoms with E-state index in [4.69, 9.17) is 5.73 Å². The minimum Gasteiger partial charge on any atom is -0.341 e. The average molecular weight is 276 g/mol. The first-order valence-corrected chi connectivity index (χ1v) is 7.90. The Morgan fingerprint density at radius 1 is 1.20 bits per heavy atom. The van der Waals surface area contributed by atoms with Crippen LogP contribution in [0.15, 0.2) is 12.4 Å². The SMILES string of the molecule is CCC1(CC)CCN(c2ncc(CC(C)N)cn2)CC1. The van der Waals surface area contributed by atoms with Gasteiger partial charge in [0.2, 0.25) is 5.95 Å². The lowest BCUT2D eigenvalue weighted by molar-refractivity contribution is 0.198. The van der Waals surface area contributed by atoms with Gasteiger partial charge in [-0.1, -0.05) is 26.7 Å². The van der Waals surface area contributed by atoms with Crippen molar-refractivity contribution in [1.82, 2.24) is 9.97 Å². The second-order valence-corrected chi connectivity index (χ2v) is 6.27. The number of piperidine rings is 1. The standard InChI is InChI=1S/C16H28N4/c1-4-16(5-2)6-8-20(9-7-16)15-18-11-14(12-19-15)10-13(3)17/h11-13H,4-10,17H2,1-3H3. The van der Waals surface area contributed by atoms with Crippen molar-refractivity contribution in [1.29, 1.82) is 0 Å². The molecule has 20 heavy (non-hydrogen) atoms. The summed E-state index contributed by atoms with van der Waals surface area (Å²) in [6, 6.07) is 0.161. The van der Waals surface area contributed by atoms with Gasteiger partial charge in [-0.3, -0.25) is 0 Å². The summed E-state index contributed by atoms with van der Waals surface area (Å²) >= 11 is 0. The number of aromatic nitrogens is 2. The molecular weight excluding hydrogens is 248 g/mol. The van der Waals surface area contributed by atoms with E-state index in [0.717, 1.165) is 31.0 Å². The molecule has 4 heteroatoms. The third kappa shape index (κ3) is 3.48. The molecule has 0 amide bonds. The molecule has 2 rings (SSSR count). The molecule has 1 atom stereocenters. The smallest absolute Gasteiger partial charge is 0.225 e. The molecule has 1 fully saturated rings. The quantitative estimate of drug-likeness (QED) is 0.898. The Bertz CT molecular complexity index is 399. The first-order chi connectivity index (χ1) is 9.58. The summed E-state index contributed by atoms with van der Waals surface area (Å²) in [4.78, 5) is 11.3. The summed E-state index contributed by atoms with van der Waals surface area (Å²) in [5.41, 5.74) is 7.47. The maximum Gasteiger partial charge on any atom is 0.225 e. The van der Waals surface area contributed by atoms with Gasteiger partial charge in [-0.15, -0.1) is 0 Å². The third-order valence-corrected chi connectivity index (χ3v) is 4.86. The molecule has 0 aromatic carbocycles. The van der Waals surface area contributed by atoms with Gasteiger partial charge >= 0.3 is 0 Å². The Balaban J connectivity index is 1.97. The van der Waals surface area contributed by atoms with Gasteiger partial charge in [0.05, 0.1) is 0 Å². The summed E-state index contributed by atoms with van der Waals surface area (Å²) < 4.78 is 0. The normalized spacial score (nSPS) is 19.9. The molecule has 0 saturated carbocycles. The molecule has 0 aliphatic carbocycles. The maximum absolute atomic E-state index is 5.80. The van der Waals surface area contributed by atoms with E-state index in [2.05, 4.69) is 28.7 Å². The molecule has 1 aliphatic heterocycles. The van der Waals surface area contributed by atoms with Gasteiger partial charge in [0, 0.05) is 31.5 Å². The zero-order valence-corrected chi connectivity index (χ0v) is 13.1. The lowest BCUT2D eigenvalue weighted by Gasteiger charge is -2.41. The molecular formula is C16H28N4. The van der Waals surface area contributed by atoms with Crippen molar-refractivity contribution in [2.75, 3.05) is 18.0 Å². The van der Waals surface area contributed by atoms with E-state index >= 15 is 0 Å². The lowest BCUT2D eigenvalue weighted by Crippen LogP contribution is -2.40. The second-order valence-electron chi connectivity index (χ2n) is 6.27. The average Bonchev–Trinajstić information content (AvgIpc) is 2.48. The Morgan fingerprint density at radius 3 is 2.20 bits per heavy atom. The summed E-state index contributed by atoms with van der Waals surface area (Å²) in [5, 5.41) is 0. The first-order valence-electron chi connectivity index (χ1n) is 7.90. The topological polar surface area (TPSA) is 55.0 Å². The van der Waals surface area contributed by atoms with Crippen LogP contribution < -0.4 is 10.6 Å². The number of hydrogen-bond donors (Lipinski definition) is 1. The largest absolute Gasteiger partial charge is 0.341 e. The number of anilines is 1. The van der Waals surface area contributed by atoms with Crippen LogP contribution in [0.5, 0.6) is 0 Å². The fourth-order valence-electron chi connectivity index (χ4n) is 3.13. The Labute approximate surface area is 122 Å². The summed E-state index contributed by atoms with van der Waals surface area (Å²) in [7, 11) is 0. The van der Waals surface area contributed by atoms with Crippen LogP contribution in [0.1, 0.15) is 52.0 Å². The zero-order valence-electron chi connectivity index (χ0n) is 13.1. The highest BCUT2D eigenvalue weighted by atomic mass is 15.2. The van der Waals surface area contributed by atoms with Gasteiger partial charge < -0.3 is 10.6 Å². The van der Waals surface area contributed by atoms with Gasteiger partial charge in [0.1, 0.15) is 0 Å². The molecule has 0 radical (unpaired) electrons. The Hall–Kier alpha value is -1.16. The molecule has 1 saturated heterocycles. The number of nitrogens with zero attached hydrogens (tertiary/aromatic N) is 3. The van der Waals surface area contributed by atoms with Crippen LogP contribution in [-0.2, 0) is 6.42 Å². The van der Waals surface area contributed by atoms with Crippen LogP contribution in [0, 0.1) is 5.41 Å². The number of rotatable bonds is 5. The van der Waals surface area contributed by atoms with E-state index in [1.165, 1.54) is 25.7 Å². The van der Waals surface area contributed by atoms with Crippen LogP contribution in [0.25, 0.3) is 0 Å². The third-order valence-electron chi connectivity index (χ3n) is 4.86. The van der Waals surface area contributed by atoms with Crippen molar-refractivity contribution in [2.24, 2.45) is 11.1 Å². The van der Waals surface area contributed by atoms with E-state index < -0.39 is 0 Å². The molecule has 1 aromatic heterocycles. The van der Waals surface area contributed by atoms with Crippen LogP contribution in [0.4, 0.5) is 5.95 Å². The minimum atomic E-state index is 0.161. The van der Waals surface area contributed by atoms with Gasteiger partial charge in [-0.2, -0.15) is 0 Å². The predicted octanol–water partition coefficient (Wildman–Crippen LogP) is 2.77. The Morgan fingerprint density at radius 2 is 1.75 bits per heavy atom. The van der Waals surface area contributed by atoms with Crippen molar-refractivity contribution in [3.05, 3.63) is 18.0 Å². The fourth-order valence-corrected chi connectivity index (χ4v) is 3.13. The highest BCUT2D eigenvalue weighted by Crippen LogP contribution is 2.38. The van der Waals surface area contributed by atoms with Crippen LogP contribution >= 0.6 is 0 Å². The first kappa shape index (κ1) is 15.2. The maximum atomic E-state index is 5.80. The van der Waals surface area contributed by atoms with Crippen molar-refractivity contribution in [3.8, 4) is 0 Å². The van der Waals surface area contributed by atoms with E-state index in [1.807, 2.05) is 19.3 Å². The molecule has 1 unspecified atom stereocenters. The van der Waals surface area contributed by atoms with E-state index in [-0.39, 0.29) is 6.04 Å². The molecule has 4 nitrogen and oxygen atoms in total. The second kappa shape index (κ2) is 6.53. The highest BCUT2D eigenvalue weighted by Gasteiger charge is 2.31. The van der Waals surface area contributed by atoms with E-state index in [0.29, 0.717) is 5.41 Å². The molecule has 0 bridgehead atoms. The van der Waals surface area contributed by atoms with Gasteiger partial charge in [0.25, 0.3) is 0 Å². The van der Waals surface area contributed by atoms with Gasteiger partial charge in [0.15, 0.2) is 0 Å². The highest BCUT2D eigenvalue weighted by molar-refractivity contribution is 5.31. The summed E-state index contributed by atoms with van der Waals surface area (Å²) in [6.45, 7) is 8.80. The monoisotopic (exact) mass is 276 g/mol. The summed E-state index contributed by atoms with van der Waals surface area (Å²) in [6.07, 6.45) is 9.77. The van der Waals surface area contributed by atoms with Crippen molar-refractivity contribution < 1.29 is 0 Å².